The van der Waals surface area contributed by atoms with Crippen molar-refractivity contribution < 1.29 is 14.2 Å². The highest BCUT2D eigenvalue weighted by atomic mass is 16.5. The molecule has 0 saturated heterocycles. The molecule has 0 saturated carbocycles. The van der Waals surface area contributed by atoms with Gasteiger partial charge in [-0.2, -0.15) is 0 Å². The Morgan fingerprint density at radius 1 is 1.10 bits per heavy atom. The van der Waals surface area contributed by atoms with Gasteiger partial charge >= 0.3 is 0 Å². The van der Waals surface area contributed by atoms with Crippen molar-refractivity contribution in [3.05, 3.63) is 11.9 Å². The van der Waals surface area contributed by atoms with Crippen molar-refractivity contribution in [1.29, 1.82) is 0 Å². The van der Waals surface area contributed by atoms with Crippen LogP contribution in [0.1, 0.15) is 5.56 Å². The van der Waals surface area contributed by atoms with Crippen molar-refractivity contribution >= 4 is 0 Å². The number of hydrogen-bond donors (Lipinski definition) is 1. The second kappa shape index (κ2) is 9.46. The van der Waals surface area contributed by atoms with E-state index in [4.69, 9.17) is 14.2 Å². The summed E-state index contributed by atoms with van der Waals surface area (Å²) < 4.78 is 15.9. The van der Waals surface area contributed by atoms with Gasteiger partial charge in [-0.1, -0.05) is 0 Å². The van der Waals surface area contributed by atoms with E-state index in [1.807, 2.05) is 14.1 Å². The van der Waals surface area contributed by atoms with Gasteiger partial charge in [-0.3, -0.25) is 0 Å². The summed E-state index contributed by atoms with van der Waals surface area (Å²) in [5, 5.41) is 3.26. The molecule has 0 aliphatic heterocycles. The van der Waals surface area contributed by atoms with Crippen LogP contribution in [0.4, 0.5) is 0 Å². The number of methoxy groups -OCH3 is 2. The summed E-state index contributed by atoms with van der Waals surface area (Å²) in [4.78, 5) is 10.2. The van der Waals surface area contributed by atoms with E-state index in [2.05, 4.69) is 20.2 Å². The topological polar surface area (TPSA) is 68.7 Å². The molecule has 0 aromatic carbocycles. The highest BCUT2D eigenvalue weighted by Gasteiger charge is 2.11. The summed E-state index contributed by atoms with van der Waals surface area (Å²) in [5.74, 6) is 1.05. The van der Waals surface area contributed by atoms with Gasteiger partial charge in [0.05, 0.1) is 33.0 Å². The zero-order valence-corrected chi connectivity index (χ0v) is 12.7. The first-order valence-electron chi connectivity index (χ1n) is 6.54. The van der Waals surface area contributed by atoms with E-state index in [1.54, 1.807) is 14.2 Å². The van der Waals surface area contributed by atoms with E-state index in [-0.39, 0.29) is 0 Å². The Morgan fingerprint density at radius 2 is 1.75 bits per heavy atom. The van der Waals surface area contributed by atoms with E-state index in [1.165, 1.54) is 6.33 Å². The molecule has 114 valence electrons. The average molecular weight is 284 g/mol. The maximum absolute atomic E-state index is 5.50. The van der Waals surface area contributed by atoms with Crippen molar-refractivity contribution in [3.8, 4) is 11.8 Å². The van der Waals surface area contributed by atoms with E-state index in [9.17, 15) is 0 Å². The molecular weight excluding hydrogens is 260 g/mol. The minimum atomic E-state index is 0.526. The lowest BCUT2D eigenvalue weighted by molar-refractivity contribution is 0.119. The average Bonchev–Trinajstić information content (AvgIpc) is 2.45. The van der Waals surface area contributed by atoms with E-state index >= 15 is 0 Å². The third kappa shape index (κ3) is 5.68. The first kappa shape index (κ1) is 16.6. The van der Waals surface area contributed by atoms with Crippen LogP contribution in [-0.2, 0) is 11.3 Å². The third-order valence-electron chi connectivity index (χ3n) is 2.66. The molecule has 1 heterocycles. The van der Waals surface area contributed by atoms with Gasteiger partial charge in [0, 0.05) is 19.6 Å². The lowest BCUT2D eigenvalue weighted by Gasteiger charge is -2.12. The van der Waals surface area contributed by atoms with Crippen LogP contribution in [-0.4, -0.2) is 69.5 Å². The molecule has 0 amide bonds. The van der Waals surface area contributed by atoms with Gasteiger partial charge in [-0.15, -0.1) is 0 Å². The Hall–Kier alpha value is -1.44. The van der Waals surface area contributed by atoms with Gasteiger partial charge in [0.2, 0.25) is 11.8 Å². The Morgan fingerprint density at radius 3 is 2.30 bits per heavy atom. The number of hydrogen-bond acceptors (Lipinski definition) is 7. The summed E-state index contributed by atoms with van der Waals surface area (Å²) in [6.45, 7) is 3.63. The zero-order chi connectivity index (χ0) is 14.8. The zero-order valence-electron chi connectivity index (χ0n) is 12.7. The number of rotatable bonds is 10. The Balaban J connectivity index is 2.31. The maximum Gasteiger partial charge on any atom is 0.224 e. The van der Waals surface area contributed by atoms with Crippen LogP contribution in [0.3, 0.4) is 0 Å². The Bertz CT molecular complexity index is 366. The minimum absolute atomic E-state index is 0.526. The van der Waals surface area contributed by atoms with Gasteiger partial charge < -0.3 is 24.4 Å². The lowest BCUT2D eigenvalue weighted by atomic mass is 10.3. The fraction of sp³-hybridized carbons (Fsp3) is 0.692. The smallest absolute Gasteiger partial charge is 0.224 e. The Labute approximate surface area is 120 Å². The highest BCUT2D eigenvalue weighted by molar-refractivity contribution is 5.34. The van der Waals surface area contributed by atoms with E-state index in [0.29, 0.717) is 24.9 Å². The summed E-state index contributed by atoms with van der Waals surface area (Å²) in [6, 6.07) is 0. The summed E-state index contributed by atoms with van der Waals surface area (Å²) in [6.07, 6.45) is 1.42. The maximum atomic E-state index is 5.50. The molecule has 0 aliphatic rings. The molecule has 1 aromatic heterocycles. The number of nitrogens with one attached hydrogen (secondary N) is 1. The van der Waals surface area contributed by atoms with Crippen LogP contribution < -0.4 is 14.8 Å². The van der Waals surface area contributed by atoms with Gasteiger partial charge in [0.25, 0.3) is 0 Å². The third-order valence-corrected chi connectivity index (χ3v) is 2.66. The molecule has 0 unspecified atom stereocenters. The standard InChI is InChI=1S/C13H24N4O3/c1-17(2)6-8-20-7-5-14-9-11-12(18-3)15-10-16-13(11)19-4/h10,14H,5-9H2,1-4H3. The monoisotopic (exact) mass is 284 g/mol. The first-order valence-corrected chi connectivity index (χ1v) is 6.54. The predicted octanol–water partition coefficient (Wildman–Crippen LogP) is 0.162. The predicted molar refractivity (Wildman–Crippen MR) is 76.2 cm³/mol. The number of ether oxygens (including phenoxy) is 3. The van der Waals surface area contributed by atoms with E-state index in [0.717, 1.165) is 25.3 Å². The number of aromatic nitrogens is 2. The van der Waals surface area contributed by atoms with Crippen LogP contribution in [0, 0.1) is 0 Å². The van der Waals surface area contributed by atoms with Crippen LogP contribution in [0.2, 0.25) is 0 Å². The quantitative estimate of drug-likeness (QED) is 0.614. The summed E-state index contributed by atoms with van der Waals surface area (Å²) in [5.41, 5.74) is 0.811. The molecule has 1 aromatic rings. The molecule has 0 radical (unpaired) electrons. The summed E-state index contributed by atoms with van der Waals surface area (Å²) >= 11 is 0. The number of likely N-dealkylation sites (N-methyl/N-ethyl adjacent to an activating group) is 1. The second-order valence-electron chi connectivity index (χ2n) is 4.46. The van der Waals surface area contributed by atoms with Crippen molar-refractivity contribution in [1.82, 2.24) is 20.2 Å². The van der Waals surface area contributed by atoms with Crippen molar-refractivity contribution in [3.63, 3.8) is 0 Å². The minimum Gasteiger partial charge on any atom is -0.481 e. The largest absolute Gasteiger partial charge is 0.481 e. The molecule has 20 heavy (non-hydrogen) atoms. The fourth-order valence-corrected chi connectivity index (χ4v) is 1.59. The van der Waals surface area contributed by atoms with Crippen molar-refractivity contribution in [2.45, 2.75) is 6.54 Å². The molecule has 0 bridgehead atoms. The molecule has 1 rings (SSSR count). The first-order chi connectivity index (χ1) is 9.69. The van der Waals surface area contributed by atoms with Crippen LogP contribution in [0.25, 0.3) is 0 Å². The Kier molecular flexibility index (Phi) is 7.86. The molecule has 7 heteroatoms. The van der Waals surface area contributed by atoms with Gasteiger partial charge in [-0.05, 0) is 14.1 Å². The highest BCUT2D eigenvalue weighted by Crippen LogP contribution is 2.22. The summed E-state index contributed by atoms with van der Waals surface area (Å²) in [7, 11) is 7.20. The van der Waals surface area contributed by atoms with Crippen molar-refractivity contribution in [2.75, 3.05) is 54.6 Å². The van der Waals surface area contributed by atoms with Gasteiger partial charge in [-0.25, -0.2) is 9.97 Å². The number of nitrogens with zero attached hydrogens (tertiary/aromatic N) is 3. The fourth-order valence-electron chi connectivity index (χ4n) is 1.59. The molecule has 0 fully saturated rings. The molecule has 0 atom stereocenters. The van der Waals surface area contributed by atoms with Crippen LogP contribution in [0.15, 0.2) is 6.33 Å². The van der Waals surface area contributed by atoms with Crippen LogP contribution >= 0.6 is 0 Å². The lowest BCUT2D eigenvalue weighted by Crippen LogP contribution is -2.23. The normalized spacial score (nSPS) is 10.8. The molecular formula is C13H24N4O3. The second-order valence-corrected chi connectivity index (χ2v) is 4.46. The molecule has 0 aliphatic carbocycles. The van der Waals surface area contributed by atoms with Crippen molar-refractivity contribution in [2.24, 2.45) is 0 Å². The SMILES string of the molecule is COc1ncnc(OC)c1CNCCOCCN(C)C. The van der Waals surface area contributed by atoms with E-state index < -0.39 is 0 Å². The van der Waals surface area contributed by atoms with Gasteiger partial charge in [0.15, 0.2) is 0 Å². The molecule has 0 spiro atoms. The van der Waals surface area contributed by atoms with Gasteiger partial charge in [0.1, 0.15) is 6.33 Å². The molecule has 1 N–H and O–H groups in total. The molecule has 7 nitrogen and oxygen atoms in total. The van der Waals surface area contributed by atoms with Crippen LogP contribution in [0.5, 0.6) is 11.8 Å².